The van der Waals surface area contributed by atoms with E-state index in [9.17, 15) is 18.0 Å². The van der Waals surface area contributed by atoms with Crippen LogP contribution in [0.3, 0.4) is 0 Å². The number of halogens is 2. The van der Waals surface area contributed by atoms with Gasteiger partial charge in [-0.3, -0.25) is 13.9 Å². The Bertz CT molecular complexity index is 1220. The number of sulfonamides is 1. The average Bonchev–Trinajstić information content (AvgIpc) is 2.85. The van der Waals surface area contributed by atoms with Gasteiger partial charge in [-0.2, -0.15) is 0 Å². The highest BCUT2D eigenvalue weighted by molar-refractivity contribution is 7.92. The third-order valence-corrected chi connectivity index (χ3v) is 8.60. The molecule has 0 aromatic heterocycles. The number of hydrogen-bond acceptors (Lipinski definition) is 4. The van der Waals surface area contributed by atoms with Crippen molar-refractivity contribution in [2.45, 2.75) is 71.0 Å². The van der Waals surface area contributed by atoms with E-state index in [4.69, 9.17) is 23.2 Å². The minimum atomic E-state index is -3.78. The SMILES string of the molecule is CC[C@H](C(=O)NC1CCCCC1)N(Cc1ccc(Cl)c(Cl)c1)C(=O)CN(c1ccccc1C)S(C)(=O)=O. The molecule has 0 bridgehead atoms. The van der Waals surface area contributed by atoms with E-state index >= 15 is 0 Å². The highest BCUT2D eigenvalue weighted by Gasteiger charge is 2.33. The number of rotatable bonds is 10. The molecule has 2 aromatic carbocycles. The second-order valence-corrected chi connectivity index (χ2v) is 12.3. The van der Waals surface area contributed by atoms with Crippen LogP contribution < -0.4 is 9.62 Å². The zero-order chi connectivity index (χ0) is 27.2. The van der Waals surface area contributed by atoms with Gasteiger partial charge in [0.1, 0.15) is 12.6 Å². The largest absolute Gasteiger partial charge is 0.352 e. The summed E-state index contributed by atoms with van der Waals surface area (Å²) >= 11 is 12.3. The predicted molar refractivity (Wildman–Crippen MR) is 149 cm³/mol. The third kappa shape index (κ3) is 7.85. The van der Waals surface area contributed by atoms with Crippen LogP contribution in [0, 0.1) is 6.92 Å². The van der Waals surface area contributed by atoms with Crippen LogP contribution >= 0.6 is 23.2 Å². The van der Waals surface area contributed by atoms with Crippen LogP contribution in [0.15, 0.2) is 42.5 Å². The van der Waals surface area contributed by atoms with Gasteiger partial charge in [0, 0.05) is 12.6 Å². The predicted octanol–water partition coefficient (Wildman–Crippen LogP) is 5.32. The van der Waals surface area contributed by atoms with Gasteiger partial charge in [0.15, 0.2) is 0 Å². The number of carbonyl (C=O) groups excluding carboxylic acids is 2. The maximum Gasteiger partial charge on any atom is 0.244 e. The lowest BCUT2D eigenvalue weighted by Gasteiger charge is -2.34. The summed E-state index contributed by atoms with van der Waals surface area (Å²) in [5, 5.41) is 3.84. The molecule has 0 aliphatic heterocycles. The van der Waals surface area contributed by atoms with Crippen LogP contribution in [0.2, 0.25) is 10.0 Å². The van der Waals surface area contributed by atoms with Crippen LogP contribution in [-0.4, -0.2) is 50.0 Å². The fraction of sp³-hybridized carbons (Fsp3) is 0.481. The quantitative estimate of drug-likeness (QED) is 0.420. The number of benzene rings is 2. The lowest BCUT2D eigenvalue weighted by molar-refractivity contribution is -0.140. The summed E-state index contributed by atoms with van der Waals surface area (Å²) in [5.74, 6) is -0.713. The molecule has 3 rings (SSSR count). The number of para-hydroxylation sites is 1. The van der Waals surface area contributed by atoms with E-state index < -0.39 is 28.5 Å². The topological polar surface area (TPSA) is 86.8 Å². The number of anilines is 1. The molecule has 1 fully saturated rings. The summed E-state index contributed by atoms with van der Waals surface area (Å²) < 4.78 is 26.6. The summed E-state index contributed by atoms with van der Waals surface area (Å²) in [7, 11) is -3.78. The summed E-state index contributed by atoms with van der Waals surface area (Å²) in [5.41, 5.74) is 1.83. The van der Waals surface area contributed by atoms with Gasteiger partial charge in [0.2, 0.25) is 21.8 Å². The number of nitrogens with zero attached hydrogens (tertiary/aromatic N) is 2. The standard InChI is InChI=1S/C27H35Cl2N3O4S/c1-4-24(27(34)30-21-11-6-5-7-12-21)31(17-20-14-15-22(28)23(29)16-20)26(33)18-32(37(3,35)36)25-13-9-8-10-19(25)2/h8-10,13-16,21,24H,4-7,11-12,17-18H2,1-3H3,(H,30,34)/t24-/m1/s1. The van der Waals surface area contributed by atoms with Gasteiger partial charge in [-0.15, -0.1) is 0 Å². The lowest BCUT2D eigenvalue weighted by atomic mass is 9.95. The molecule has 1 atom stereocenters. The van der Waals surface area contributed by atoms with Gasteiger partial charge in [-0.05, 0) is 55.5 Å². The third-order valence-electron chi connectivity index (χ3n) is 6.74. The molecule has 202 valence electrons. The lowest BCUT2D eigenvalue weighted by Crippen LogP contribution is -2.54. The zero-order valence-electron chi connectivity index (χ0n) is 21.5. The van der Waals surface area contributed by atoms with Crippen LogP contribution in [0.1, 0.15) is 56.6 Å². The monoisotopic (exact) mass is 567 g/mol. The molecule has 1 saturated carbocycles. The van der Waals surface area contributed by atoms with Crippen molar-refractivity contribution in [3.63, 3.8) is 0 Å². The average molecular weight is 569 g/mol. The molecule has 37 heavy (non-hydrogen) atoms. The first-order chi connectivity index (χ1) is 17.5. The Hall–Kier alpha value is -2.29. The Kier molecular flexibility index (Phi) is 10.3. The Morgan fingerprint density at radius 1 is 1.05 bits per heavy atom. The van der Waals surface area contributed by atoms with Crippen molar-refractivity contribution in [3.8, 4) is 0 Å². The van der Waals surface area contributed by atoms with Crippen LogP contribution in [0.25, 0.3) is 0 Å². The smallest absolute Gasteiger partial charge is 0.244 e. The minimum Gasteiger partial charge on any atom is -0.352 e. The van der Waals surface area contributed by atoms with E-state index in [-0.39, 0.29) is 18.5 Å². The van der Waals surface area contributed by atoms with Crippen molar-refractivity contribution in [3.05, 3.63) is 63.6 Å². The second kappa shape index (κ2) is 13.0. The first-order valence-corrected chi connectivity index (χ1v) is 15.2. The Labute approximate surface area is 230 Å². The first kappa shape index (κ1) is 29.3. The van der Waals surface area contributed by atoms with Crippen molar-refractivity contribution < 1.29 is 18.0 Å². The molecule has 0 heterocycles. The molecule has 2 amide bonds. The Balaban J connectivity index is 1.94. The molecular weight excluding hydrogens is 533 g/mol. The van der Waals surface area contributed by atoms with Crippen molar-refractivity contribution in [2.75, 3.05) is 17.1 Å². The highest BCUT2D eigenvalue weighted by Crippen LogP contribution is 2.26. The molecule has 0 radical (unpaired) electrons. The summed E-state index contributed by atoms with van der Waals surface area (Å²) in [4.78, 5) is 28.7. The molecule has 2 aromatic rings. The Morgan fingerprint density at radius 2 is 1.73 bits per heavy atom. The summed E-state index contributed by atoms with van der Waals surface area (Å²) in [6, 6.07) is 11.3. The van der Waals surface area contributed by atoms with Crippen LogP contribution in [-0.2, 0) is 26.2 Å². The van der Waals surface area contributed by atoms with Crippen molar-refractivity contribution in [2.24, 2.45) is 0 Å². The molecule has 7 nitrogen and oxygen atoms in total. The van der Waals surface area contributed by atoms with E-state index in [2.05, 4.69) is 5.32 Å². The number of amides is 2. The molecule has 0 unspecified atom stereocenters. The number of hydrogen-bond donors (Lipinski definition) is 1. The van der Waals surface area contributed by atoms with E-state index in [1.165, 1.54) is 4.90 Å². The van der Waals surface area contributed by atoms with Gasteiger partial charge in [0.05, 0.1) is 22.0 Å². The molecular formula is C27H35Cl2N3O4S. The minimum absolute atomic E-state index is 0.0803. The van der Waals surface area contributed by atoms with E-state index in [1.807, 2.05) is 6.92 Å². The normalized spacial score (nSPS) is 15.2. The fourth-order valence-electron chi connectivity index (χ4n) is 4.74. The zero-order valence-corrected chi connectivity index (χ0v) is 23.9. The van der Waals surface area contributed by atoms with Crippen molar-refractivity contribution in [1.82, 2.24) is 10.2 Å². The van der Waals surface area contributed by atoms with E-state index in [1.54, 1.807) is 49.4 Å². The number of carbonyl (C=O) groups is 2. The second-order valence-electron chi connectivity index (χ2n) is 9.59. The molecule has 0 saturated heterocycles. The molecule has 1 N–H and O–H groups in total. The number of aryl methyl sites for hydroxylation is 1. The van der Waals surface area contributed by atoms with E-state index in [0.717, 1.165) is 48.2 Å². The maximum absolute atomic E-state index is 13.8. The van der Waals surface area contributed by atoms with Crippen molar-refractivity contribution >= 4 is 50.7 Å². The van der Waals surface area contributed by atoms with E-state index in [0.29, 0.717) is 27.7 Å². The van der Waals surface area contributed by atoms with Gasteiger partial charge < -0.3 is 10.2 Å². The van der Waals surface area contributed by atoms with Crippen molar-refractivity contribution in [1.29, 1.82) is 0 Å². The van der Waals surface area contributed by atoms with Gasteiger partial charge >= 0.3 is 0 Å². The maximum atomic E-state index is 13.8. The van der Waals surface area contributed by atoms with Crippen LogP contribution in [0.4, 0.5) is 5.69 Å². The molecule has 1 aliphatic rings. The molecule has 1 aliphatic carbocycles. The molecule has 10 heteroatoms. The Morgan fingerprint density at radius 3 is 2.32 bits per heavy atom. The van der Waals surface area contributed by atoms with Crippen LogP contribution in [0.5, 0.6) is 0 Å². The fourth-order valence-corrected chi connectivity index (χ4v) is 5.96. The summed E-state index contributed by atoms with van der Waals surface area (Å²) in [6.45, 7) is 3.28. The first-order valence-electron chi connectivity index (χ1n) is 12.6. The van der Waals surface area contributed by atoms with Gasteiger partial charge in [-0.25, -0.2) is 8.42 Å². The number of nitrogens with one attached hydrogen (secondary N) is 1. The summed E-state index contributed by atoms with van der Waals surface area (Å²) in [6.07, 6.45) is 6.56. The van der Waals surface area contributed by atoms with Gasteiger partial charge in [-0.1, -0.05) is 73.7 Å². The van der Waals surface area contributed by atoms with Gasteiger partial charge in [0.25, 0.3) is 0 Å². The molecule has 0 spiro atoms. The highest BCUT2D eigenvalue weighted by atomic mass is 35.5.